The number of anilines is 1. The number of nitriles is 1. The average Bonchev–Trinajstić information content (AvgIpc) is 2.62. The SMILES string of the molecule is CCCn1c(N)c(C(=O)COc2ccc(C#N)cc2Cl)c(=O)n(C)c1=O. The van der Waals surface area contributed by atoms with Crippen LogP contribution in [0, 0.1) is 11.3 Å². The Labute approximate surface area is 154 Å². The molecule has 0 saturated carbocycles. The Bertz CT molecular complexity index is 1020. The Morgan fingerprint density at radius 1 is 1.38 bits per heavy atom. The van der Waals surface area contributed by atoms with E-state index < -0.39 is 23.6 Å². The Morgan fingerprint density at radius 3 is 2.65 bits per heavy atom. The standard InChI is InChI=1S/C17H17ClN4O4/c1-3-6-22-15(20)14(16(24)21(2)17(22)25)12(23)9-26-13-5-4-10(8-19)7-11(13)18/h4-5,7H,3,6,9,20H2,1-2H3. The summed E-state index contributed by atoms with van der Waals surface area (Å²) in [7, 11) is 1.28. The molecule has 0 amide bonds. The van der Waals surface area contributed by atoms with E-state index in [0.717, 1.165) is 4.57 Å². The van der Waals surface area contributed by atoms with Crippen molar-refractivity contribution in [2.24, 2.45) is 7.05 Å². The maximum absolute atomic E-state index is 12.5. The second kappa shape index (κ2) is 7.89. The highest BCUT2D eigenvalue weighted by atomic mass is 35.5. The van der Waals surface area contributed by atoms with Crippen LogP contribution in [0.25, 0.3) is 0 Å². The first-order chi connectivity index (χ1) is 12.3. The number of aromatic nitrogens is 2. The van der Waals surface area contributed by atoms with Crippen molar-refractivity contribution in [2.45, 2.75) is 19.9 Å². The topological polar surface area (TPSA) is 120 Å². The molecule has 0 aliphatic carbocycles. The summed E-state index contributed by atoms with van der Waals surface area (Å²) in [5, 5.41) is 8.98. The van der Waals surface area contributed by atoms with Gasteiger partial charge in [-0.2, -0.15) is 5.26 Å². The van der Waals surface area contributed by atoms with Crippen LogP contribution in [-0.4, -0.2) is 21.5 Å². The second-order valence-electron chi connectivity index (χ2n) is 5.53. The van der Waals surface area contributed by atoms with Gasteiger partial charge in [0.1, 0.15) is 17.1 Å². The summed E-state index contributed by atoms with van der Waals surface area (Å²) in [6.45, 7) is 1.63. The fourth-order valence-electron chi connectivity index (χ4n) is 2.39. The van der Waals surface area contributed by atoms with Gasteiger partial charge in [-0.1, -0.05) is 18.5 Å². The van der Waals surface area contributed by atoms with Crippen LogP contribution in [-0.2, 0) is 13.6 Å². The number of hydrogen-bond donors (Lipinski definition) is 1. The van der Waals surface area contributed by atoms with E-state index in [9.17, 15) is 14.4 Å². The molecule has 136 valence electrons. The van der Waals surface area contributed by atoms with Crippen molar-refractivity contribution < 1.29 is 9.53 Å². The third-order valence-electron chi connectivity index (χ3n) is 3.73. The first kappa shape index (κ1) is 19.3. The van der Waals surface area contributed by atoms with Crippen molar-refractivity contribution in [2.75, 3.05) is 12.3 Å². The molecule has 0 spiro atoms. The Hall–Kier alpha value is -3.05. The molecule has 26 heavy (non-hydrogen) atoms. The van der Waals surface area contributed by atoms with Crippen LogP contribution >= 0.6 is 11.6 Å². The maximum atomic E-state index is 12.5. The number of nitrogens with zero attached hydrogens (tertiary/aromatic N) is 3. The van der Waals surface area contributed by atoms with Gasteiger partial charge < -0.3 is 10.5 Å². The fraction of sp³-hybridized carbons (Fsp3) is 0.294. The van der Waals surface area contributed by atoms with E-state index in [1.807, 2.05) is 13.0 Å². The number of nitrogens with two attached hydrogens (primary N) is 1. The minimum absolute atomic E-state index is 0.161. The lowest BCUT2D eigenvalue weighted by Crippen LogP contribution is -2.43. The molecule has 0 unspecified atom stereocenters. The van der Waals surface area contributed by atoms with Crippen molar-refractivity contribution in [3.05, 3.63) is 55.2 Å². The highest BCUT2D eigenvalue weighted by molar-refractivity contribution is 6.32. The Morgan fingerprint density at radius 2 is 2.08 bits per heavy atom. The van der Waals surface area contributed by atoms with Crippen molar-refractivity contribution in [3.63, 3.8) is 0 Å². The quantitative estimate of drug-likeness (QED) is 0.759. The van der Waals surface area contributed by atoms with Crippen molar-refractivity contribution in [1.29, 1.82) is 5.26 Å². The van der Waals surface area contributed by atoms with Crippen LogP contribution in [0.5, 0.6) is 5.75 Å². The van der Waals surface area contributed by atoms with Crippen LogP contribution < -0.4 is 21.7 Å². The van der Waals surface area contributed by atoms with Gasteiger partial charge in [0.25, 0.3) is 5.56 Å². The molecule has 1 aromatic carbocycles. The molecule has 0 aliphatic rings. The molecule has 2 aromatic rings. The molecule has 0 saturated heterocycles. The Balaban J connectivity index is 2.35. The smallest absolute Gasteiger partial charge is 0.332 e. The number of benzene rings is 1. The monoisotopic (exact) mass is 376 g/mol. The number of Topliss-reactive ketones (excluding diaryl/α,β-unsaturated/α-hetero) is 1. The number of rotatable bonds is 6. The zero-order valence-electron chi connectivity index (χ0n) is 14.3. The van der Waals surface area contributed by atoms with E-state index in [1.165, 1.54) is 29.8 Å². The summed E-state index contributed by atoms with van der Waals surface area (Å²) < 4.78 is 7.38. The van der Waals surface area contributed by atoms with Gasteiger partial charge in [0.05, 0.1) is 16.7 Å². The van der Waals surface area contributed by atoms with Crippen LogP contribution in [0.1, 0.15) is 29.3 Å². The number of halogens is 1. The van der Waals surface area contributed by atoms with E-state index in [-0.39, 0.29) is 28.7 Å². The van der Waals surface area contributed by atoms with Crippen LogP contribution in [0.4, 0.5) is 5.82 Å². The van der Waals surface area contributed by atoms with Crippen LogP contribution in [0.3, 0.4) is 0 Å². The van der Waals surface area contributed by atoms with Crippen LogP contribution in [0.2, 0.25) is 5.02 Å². The number of ketones is 1. The average molecular weight is 377 g/mol. The highest BCUT2D eigenvalue weighted by Gasteiger charge is 2.22. The minimum atomic E-state index is -0.778. The third kappa shape index (κ3) is 3.63. The Kier molecular flexibility index (Phi) is 5.85. The first-order valence-electron chi connectivity index (χ1n) is 7.76. The summed E-state index contributed by atoms with van der Waals surface area (Å²) in [5.41, 5.74) is 4.57. The van der Waals surface area contributed by atoms with Gasteiger partial charge in [-0.15, -0.1) is 0 Å². The molecule has 0 atom stereocenters. The fourth-order valence-corrected chi connectivity index (χ4v) is 2.62. The predicted octanol–water partition coefficient (Wildman–Crippen LogP) is 1.33. The molecule has 0 bridgehead atoms. The molecule has 0 radical (unpaired) electrons. The lowest BCUT2D eigenvalue weighted by atomic mass is 10.2. The molecular formula is C17H17ClN4O4. The van der Waals surface area contributed by atoms with E-state index in [4.69, 9.17) is 27.3 Å². The minimum Gasteiger partial charge on any atom is -0.484 e. The summed E-state index contributed by atoms with van der Waals surface area (Å²) >= 11 is 5.99. The second-order valence-corrected chi connectivity index (χ2v) is 5.93. The number of hydrogen-bond acceptors (Lipinski definition) is 6. The van der Waals surface area contributed by atoms with Crippen molar-refractivity contribution >= 4 is 23.2 Å². The number of carbonyl (C=O) groups excluding carboxylic acids is 1. The lowest BCUT2D eigenvalue weighted by molar-refractivity contribution is 0.0919. The van der Waals surface area contributed by atoms with Gasteiger partial charge in [-0.25, -0.2) is 4.79 Å². The normalized spacial score (nSPS) is 10.4. The van der Waals surface area contributed by atoms with E-state index in [0.29, 0.717) is 12.0 Å². The van der Waals surface area contributed by atoms with E-state index >= 15 is 0 Å². The van der Waals surface area contributed by atoms with Crippen molar-refractivity contribution in [3.8, 4) is 11.8 Å². The maximum Gasteiger partial charge on any atom is 0.332 e. The van der Waals surface area contributed by atoms with Gasteiger partial charge in [-0.05, 0) is 24.6 Å². The van der Waals surface area contributed by atoms with Crippen molar-refractivity contribution in [1.82, 2.24) is 9.13 Å². The zero-order chi connectivity index (χ0) is 19.4. The zero-order valence-corrected chi connectivity index (χ0v) is 15.0. The molecule has 0 fully saturated rings. The molecule has 9 heteroatoms. The molecule has 1 aromatic heterocycles. The summed E-state index contributed by atoms with van der Waals surface area (Å²) in [4.78, 5) is 36.9. The highest BCUT2D eigenvalue weighted by Crippen LogP contribution is 2.25. The molecule has 8 nitrogen and oxygen atoms in total. The van der Waals surface area contributed by atoms with E-state index in [2.05, 4.69) is 0 Å². The molecule has 0 aliphatic heterocycles. The summed E-state index contributed by atoms with van der Waals surface area (Å²) in [6, 6.07) is 6.27. The molecule has 2 N–H and O–H groups in total. The first-order valence-corrected chi connectivity index (χ1v) is 8.14. The molecule has 2 rings (SSSR count). The van der Waals surface area contributed by atoms with Gasteiger partial charge in [0.15, 0.2) is 6.61 Å². The predicted molar refractivity (Wildman–Crippen MR) is 96.6 cm³/mol. The molecule has 1 heterocycles. The number of nitrogen functional groups attached to an aromatic ring is 1. The lowest BCUT2D eigenvalue weighted by Gasteiger charge is -2.14. The van der Waals surface area contributed by atoms with E-state index in [1.54, 1.807) is 0 Å². The van der Waals surface area contributed by atoms with Gasteiger partial charge in [0.2, 0.25) is 5.78 Å². The van der Waals surface area contributed by atoms with Crippen LogP contribution in [0.15, 0.2) is 27.8 Å². The largest absolute Gasteiger partial charge is 0.484 e. The summed E-state index contributed by atoms with van der Waals surface area (Å²) in [6.07, 6.45) is 0.604. The third-order valence-corrected chi connectivity index (χ3v) is 4.02. The summed E-state index contributed by atoms with van der Waals surface area (Å²) in [5.74, 6) is -0.663. The molecular weight excluding hydrogens is 360 g/mol. The van der Waals surface area contributed by atoms with Gasteiger partial charge in [-0.3, -0.25) is 18.7 Å². The number of ether oxygens (including phenoxy) is 1. The van der Waals surface area contributed by atoms with Gasteiger partial charge >= 0.3 is 5.69 Å². The number of carbonyl (C=O) groups is 1. The van der Waals surface area contributed by atoms with Gasteiger partial charge in [0, 0.05) is 13.6 Å².